The first kappa shape index (κ1) is 24.6. The second-order valence-corrected chi connectivity index (χ2v) is 9.91. The minimum atomic E-state index is -0.147. The van der Waals surface area contributed by atoms with Gasteiger partial charge in [0.2, 0.25) is 5.91 Å². The Bertz CT molecular complexity index is 1400. The van der Waals surface area contributed by atoms with Gasteiger partial charge in [-0.2, -0.15) is 0 Å². The van der Waals surface area contributed by atoms with Crippen molar-refractivity contribution < 1.29 is 4.79 Å². The summed E-state index contributed by atoms with van der Waals surface area (Å²) < 4.78 is 2.22. The van der Waals surface area contributed by atoms with E-state index in [9.17, 15) is 4.79 Å². The topological polar surface area (TPSA) is 75.1 Å². The Morgan fingerprint density at radius 3 is 2.51 bits per heavy atom. The molecule has 0 radical (unpaired) electrons. The Morgan fingerprint density at radius 1 is 1.05 bits per heavy atom. The van der Waals surface area contributed by atoms with Crippen molar-refractivity contribution in [3.63, 3.8) is 0 Å². The van der Waals surface area contributed by atoms with Gasteiger partial charge in [-0.25, -0.2) is 0 Å². The van der Waals surface area contributed by atoms with Crippen molar-refractivity contribution in [1.82, 2.24) is 19.9 Å². The molecular formula is C29H30N6OS. The Kier molecular flexibility index (Phi) is 7.01. The first-order chi connectivity index (χ1) is 17.9. The number of hydrogen-bond donors (Lipinski definition) is 2. The molecule has 37 heavy (non-hydrogen) atoms. The standard InChI is InChI=1S/C29H30N6OS/c1-19(2)28(36)32-23-13-12-22(17-20(23)3)35-27(26(33-29(35)37)24-10-5-7-15-31-24)25-11-8-16-34(25)18-21-9-4-6-14-30-21/h4-17,19,26-27H,18H2,1-3H3,(H,32,36)(H,33,37)/t26-,27-/m1/s1. The molecule has 0 spiro atoms. The van der Waals surface area contributed by atoms with Crippen LogP contribution in [0.5, 0.6) is 0 Å². The Hall–Kier alpha value is -4.04. The summed E-state index contributed by atoms with van der Waals surface area (Å²) >= 11 is 5.90. The van der Waals surface area contributed by atoms with E-state index in [1.54, 1.807) is 0 Å². The van der Waals surface area contributed by atoms with Gasteiger partial charge >= 0.3 is 0 Å². The molecule has 4 heterocycles. The molecule has 8 heteroatoms. The highest BCUT2D eigenvalue weighted by Crippen LogP contribution is 2.42. The fourth-order valence-corrected chi connectivity index (χ4v) is 5.00. The minimum absolute atomic E-state index is 0.00495. The second-order valence-electron chi connectivity index (χ2n) is 9.52. The van der Waals surface area contributed by atoms with Crippen LogP contribution in [-0.2, 0) is 11.3 Å². The number of anilines is 2. The number of hydrogen-bond acceptors (Lipinski definition) is 4. The van der Waals surface area contributed by atoms with Crippen LogP contribution in [0.15, 0.2) is 85.3 Å². The number of benzene rings is 1. The third kappa shape index (κ3) is 5.11. The van der Waals surface area contributed by atoms with Gasteiger partial charge in [0, 0.05) is 41.6 Å². The number of nitrogens with zero attached hydrogens (tertiary/aromatic N) is 4. The summed E-state index contributed by atoms with van der Waals surface area (Å²) in [5.41, 5.74) is 5.72. The summed E-state index contributed by atoms with van der Waals surface area (Å²) in [4.78, 5) is 23.6. The normalized spacial score (nSPS) is 17.2. The molecular weight excluding hydrogens is 480 g/mol. The lowest BCUT2D eigenvalue weighted by molar-refractivity contribution is -0.118. The number of nitrogens with one attached hydrogen (secondary N) is 2. The van der Waals surface area contributed by atoms with Crippen LogP contribution in [-0.4, -0.2) is 25.6 Å². The minimum Gasteiger partial charge on any atom is -0.351 e. The fraction of sp³-hybridized carbons (Fsp3) is 0.241. The first-order valence-electron chi connectivity index (χ1n) is 12.4. The van der Waals surface area contributed by atoms with Gasteiger partial charge in [0.05, 0.1) is 24.0 Å². The van der Waals surface area contributed by atoms with E-state index in [-0.39, 0.29) is 23.9 Å². The SMILES string of the molecule is Cc1cc(N2C(=S)N[C@H](c3ccccn3)[C@H]2c2cccn2Cc2ccccn2)ccc1NC(=O)C(C)C. The molecule has 1 saturated heterocycles. The predicted molar refractivity (Wildman–Crippen MR) is 150 cm³/mol. The highest BCUT2D eigenvalue weighted by Gasteiger charge is 2.42. The molecule has 4 aromatic rings. The summed E-state index contributed by atoms with van der Waals surface area (Å²) in [7, 11) is 0. The summed E-state index contributed by atoms with van der Waals surface area (Å²) in [5, 5.41) is 7.18. The second kappa shape index (κ2) is 10.5. The lowest BCUT2D eigenvalue weighted by Gasteiger charge is -2.29. The van der Waals surface area contributed by atoms with E-state index < -0.39 is 0 Å². The molecule has 0 aliphatic carbocycles. The maximum atomic E-state index is 12.3. The highest BCUT2D eigenvalue weighted by atomic mass is 32.1. The van der Waals surface area contributed by atoms with Gasteiger partial charge in [-0.1, -0.05) is 26.0 Å². The highest BCUT2D eigenvalue weighted by molar-refractivity contribution is 7.80. The number of aromatic nitrogens is 3. The van der Waals surface area contributed by atoms with Gasteiger partial charge in [0.15, 0.2) is 5.11 Å². The molecule has 1 amide bonds. The molecule has 2 N–H and O–H groups in total. The van der Waals surface area contributed by atoms with Gasteiger partial charge in [-0.15, -0.1) is 0 Å². The first-order valence-corrected chi connectivity index (χ1v) is 12.8. The zero-order valence-electron chi connectivity index (χ0n) is 21.1. The van der Waals surface area contributed by atoms with Gasteiger partial charge in [0.1, 0.15) is 6.04 Å². The maximum Gasteiger partial charge on any atom is 0.226 e. The zero-order valence-corrected chi connectivity index (χ0v) is 21.9. The van der Waals surface area contributed by atoms with Crippen molar-refractivity contribution in [2.45, 2.75) is 39.4 Å². The van der Waals surface area contributed by atoms with Crippen molar-refractivity contribution in [3.05, 3.63) is 108 Å². The number of thiocarbonyl (C=S) groups is 1. The molecule has 1 aromatic carbocycles. The van der Waals surface area contributed by atoms with Crippen LogP contribution < -0.4 is 15.5 Å². The molecule has 188 valence electrons. The van der Waals surface area contributed by atoms with Crippen LogP contribution in [0.4, 0.5) is 11.4 Å². The third-order valence-corrected chi connectivity index (χ3v) is 6.91. The number of carbonyl (C=O) groups is 1. The van der Waals surface area contributed by atoms with Crippen molar-refractivity contribution in [1.29, 1.82) is 0 Å². The molecule has 2 atom stereocenters. The van der Waals surface area contributed by atoms with E-state index in [4.69, 9.17) is 12.2 Å². The molecule has 0 bridgehead atoms. The molecule has 3 aromatic heterocycles. The van der Waals surface area contributed by atoms with Gasteiger partial charge in [0.25, 0.3) is 0 Å². The number of carbonyl (C=O) groups excluding carboxylic acids is 1. The van der Waals surface area contributed by atoms with Crippen LogP contribution >= 0.6 is 12.2 Å². The van der Waals surface area contributed by atoms with Crippen LogP contribution in [0.25, 0.3) is 0 Å². The number of aryl methyl sites for hydroxylation is 1. The Balaban J connectivity index is 1.55. The lowest BCUT2D eigenvalue weighted by Crippen LogP contribution is -2.30. The Labute approximate surface area is 222 Å². The van der Waals surface area contributed by atoms with Crippen molar-refractivity contribution in [3.8, 4) is 0 Å². The molecule has 0 saturated carbocycles. The number of rotatable bonds is 7. The monoisotopic (exact) mass is 510 g/mol. The maximum absolute atomic E-state index is 12.3. The summed E-state index contributed by atoms with van der Waals surface area (Å²) in [6.07, 6.45) is 5.70. The van der Waals surface area contributed by atoms with E-state index in [0.29, 0.717) is 11.7 Å². The van der Waals surface area contributed by atoms with Crippen molar-refractivity contribution in [2.75, 3.05) is 10.2 Å². The average molecular weight is 511 g/mol. The predicted octanol–water partition coefficient (Wildman–Crippen LogP) is 5.41. The van der Waals surface area contributed by atoms with E-state index >= 15 is 0 Å². The molecule has 1 aliphatic rings. The van der Waals surface area contributed by atoms with Crippen molar-refractivity contribution >= 4 is 34.6 Å². The van der Waals surface area contributed by atoms with Crippen LogP contribution in [0.1, 0.15) is 48.6 Å². The van der Waals surface area contributed by atoms with Crippen LogP contribution in [0.3, 0.4) is 0 Å². The van der Waals surface area contributed by atoms with E-state index in [1.165, 1.54) is 0 Å². The van der Waals surface area contributed by atoms with Gasteiger partial charge in [-0.05, 0) is 79.3 Å². The number of pyridine rings is 2. The lowest BCUT2D eigenvalue weighted by atomic mass is 10.0. The summed E-state index contributed by atoms with van der Waals surface area (Å²) in [5.74, 6) is -0.0977. The quantitative estimate of drug-likeness (QED) is 0.324. The average Bonchev–Trinajstić information content (AvgIpc) is 3.49. The molecule has 5 rings (SSSR count). The van der Waals surface area contributed by atoms with E-state index in [1.807, 2.05) is 81.7 Å². The van der Waals surface area contributed by atoms with Gasteiger partial charge in [-0.3, -0.25) is 14.8 Å². The number of amides is 1. The summed E-state index contributed by atoms with van der Waals surface area (Å²) in [6.45, 7) is 6.42. The van der Waals surface area contributed by atoms with Crippen molar-refractivity contribution in [2.24, 2.45) is 5.92 Å². The van der Waals surface area contributed by atoms with Gasteiger partial charge < -0.3 is 20.1 Å². The molecule has 0 unspecified atom stereocenters. The zero-order chi connectivity index (χ0) is 25.9. The third-order valence-electron chi connectivity index (χ3n) is 6.59. The largest absolute Gasteiger partial charge is 0.351 e. The molecule has 1 aliphatic heterocycles. The van der Waals surface area contributed by atoms with Crippen LogP contribution in [0.2, 0.25) is 0 Å². The molecule has 1 fully saturated rings. The van der Waals surface area contributed by atoms with Crippen LogP contribution in [0, 0.1) is 12.8 Å². The molecule has 7 nitrogen and oxygen atoms in total. The fourth-order valence-electron chi connectivity index (χ4n) is 4.65. The van der Waals surface area contributed by atoms with E-state index in [2.05, 4.69) is 54.5 Å². The smallest absolute Gasteiger partial charge is 0.226 e. The van der Waals surface area contributed by atoms with E-state index in [0.717, 1.165) is 34.0 Å². The Morgan fingerprint density at radius 2 is 1.84 bits per heavy atom. The summed E-state index contributed by atoms with van der Waals surface area (Å²) in [6, 6.07) is 21.8.